The third-order valence-corrected chi connectivity index (χ3v) is 3.83. The zero-order chi connectivity index (χ0) is 12.5. The van der Waals surface area contributed by atoms with Crippen LogP contribution >= 0.6 is 11.6 Å². The Morgan fingerprint density at radius 2 is 2.28 bits per heavy atom. The van der Waals surface area contributed by atoms with Crippen LogP contribution in [0.25, 0.3) is 0 Å². The van der Waals surface area contributed by atoms with Crippen LogP contribution in [-0.4, -0.2) is 30.2 Å². The number of hydrogen-bond donors (Lipinski definition) is 1. The Morgan fingerprint density at radius 3 is 2.89 bits per heavy atom. The lowest BCUT2D eigenvalue weighted by molar-refractivity contribution is 0.556. The van der Waals surface area contributed by atoms with Gasteiger partial charge in [0.25, 0.3) is 0 Å². The quantitative estimate of drug-likeness (QED) is 0.911. The van der Waals surface area contributed by atoms with Gasteiger partial charge >= 0.3 is 0 Å². The standard InChI is InChI=1S/C13H17ClFN3/c14-9-6-12(15)13(17-7-9)18(11-3-4-11)8-10-2-1-5-16-10/h6-7,10-11,16H,1-5,8H2. The summed E-state index contributed by atoms with van der Waals surface area (Å²) >= 11 is 5.75. The van der Waals surface area contributed by atoms with Crippen molar-refractivity contribution in [3.8, 4) is 0 Å². The first kappa shape index (κ1) is 12.2. The van der Waals surface area contributed by atoms with Crippen molar-refractivity contribution < 1.29 is 4.39 Å². The zero-order valence-corrected chi connectivity index (χ0v) is 11.0. The topological polar surface area (TPSA) is 28.2 Å². The van der Waals surface area contributed by atoms with Gasteiger partial charge in [0.05, 0.1) is 5.02 Å². The predicted molar refractivity (Wildman–Crippen MR) is 70.6 cm³/mol. The highest BCUT2D eigenvalue weighted by molar-refractivity contribution is 6.30. The van der Waals surface area contributed by atoms with E-state index in [2.05, 4.69) is 15.2 Å². The van der Waals surface area contributed by atoms with E-state index in [9.17, 15) is 4.39 Å². The summed E-state index contributed by atoms with van der Waals surface area (Å²) in [5.41, 5.74) is 0. The first-order valence-corrected chi connectivity index (χ1v) is 6.93. The van der Waals surface area contributed by atoms with Crippen molar-refractivity contribution in [3.05, 3.63) is 23.1 Å². The first-order chi connectivity index (χ1) is 8.74. The van der Waals surface area contributed by atoms with Crippen LogP contribution in [0.4, 0.5) is 10.2 Å². The molecule has 1 saturated heterocycles. The SMILES string of the molecule is Fc1cc(Cl)cnc1N(CC1CCCN1)C1CC1. The van der Waals surface area contributed by atoms with E-state index >= 15 is 0 Å². The van der Waals surface area contributed by atoms with Gasteiger partial charge in [-0.25, -0.2) is 9.37 Å². The lowest BCUT2D eigenvalue weighted by Crippen LogP contribution is -2.39. The first-order valence-electron chi connectivity index (χ1n) is 6.55. The molecule has 2 fully saturated rings. The van der Waals surface area contributed by atoms with Gasteiger partial charge in [0.2, 0.25) is 0 Å². The molecule has 5 heteroatoms. The van der Waals surface area contributed by atoms with Crippen LogP contribution in [0.1, 0.15) is 25.7 Å². The highest BCUT2D eigenvalue weighted by atomic mass is 35.5. The second kappa shape index (κ2) is 5.02. The molecule has 3 rings (SSSR count). The second-order valence-electron chi connectivity index (χ2n) is 5.14. The fraction of sp³-hybridized carbons (Fsp3) is 0.615. The van der Waals surface area contributed by atoms with Gasteiger partial charge in [-0.1, -0.05) is 11.6 Å². The summed E-state index contributed by atoms with van der Waals surface area (Å²) < 4.78 is 14.0. The molecule has 2 aliphatic rings. The van der Waals surface area contributed by atoms with Crippen LogP contribution in [0.5, 0.6) is 0 Å². The van der Waals surface area contributed by atoms with Crippen LogP contribution in [0, 0.1) is 5.82 Å². The summed E-state index contributed by atoms with van der Waals surface area (Å²) in [5.74, 6) is 0.142. The molecule has 1 aromatic rings. The number of aromatic nitrogens is 1. The Morgan fingerprint density at radius 1 is 1.44 bits per heavy atom. The Hall–Kier alpha value is -0.870. The molecule has 0 amide bonds. The molecule has 18 heavy (non-hydrogen) atoms. The number of hydrogen-bond acceptors (Lipinski definition) is 3. The number of rotatable bonds is 4. The molecule has 1 aromatic heterocycles. The summed E-state index contributed by atoms with van der Waals surface area (Å²) in [6.07, 6.45) is 6.17. The molecule has 0 bridgehead atoms. The van der Waals surface area contributed by atoms with Crippen LogP contribution < -0.4 is 10.2 Å². The molecule has 1 aliphatic heterocycles. The van der Waals surface area contributed by atoms with Crippen LogP contribution in [-0.2, 0) is 0 Å². The smallest absolute Gasteiger partial charge is 0.167 e. The van der Waals surface area contributed by atoms with Gasteiger partial charge in [0, 0.05) is 24.8 Å². The number of nitrogens with zero attached hydrogens (tertiary/aromatic N) is 2. The van der Waals surface area contributed by atoms with E-state index in [4.69, 9.17) is 11.6 Å². The van der Waals surface area contributed by atoms with E-state index < -0.39 is 0 Å². The zero-order valence-electron chi connectivity index (χ0n) is 10.2. The van der Waals surface area contributed by atoms with Crippen LogP contribution in [0.15, 0.2) is 12.3 Å². The van der Waals surface area contributed by atoms with Crippen molar-refractivity contribution in [3.63, 3.8) is 0 Å². The summed E-state index contributed by atoms with van der Waals surface area (Å²) in [5, 5.41) is 3.81. The molecule has 1 unspecified atom stereocenters. The number of anilines is 1. The molecule has 0 radical (unpaired) electrons. The third-order valence-electron chi connectivity index (χ3n) is 3.63. The predicted octanol–water partition coefficient (Wildman–Crippen LogP) is 2.59. The maximum atomic E-state index is 14.0. The monoisotopic (exact) mass is 269 g/mol. The molecule has 1 saturated carbocycles. The number of pyridine rings is 1. The fourth-order valence-electron chi connectivity index (χ4n) is 2.56. The highest BCUT2D eigenvalue weighted by Gasteiger charge is 2.33. The Kier molecular flexibility index (Phi) is 3.39. The fourth-order valence-corrected chi connectivity index (χ4v) is 2.71. The van der Waals surface area contributed by atoms with Crippen molar-refractivity contribution in [2.45, 2.75) is 37.8 Å². The van der Waals surface area contributed by atoms with Crippen LogP contribution in [0.2, 0.25) is 5.02 Å². The van der Waals surface area contributed by atoms with Crippen molar-refractivity contribution >= 4 is 17.4 Å². The average Bonchev–Trinajstić information content (AvgIpc) is 3.05. The summed E-state index contributed by atoms with van der Waals surface area (Å²) in [4.78, 5) is 6.28. The van der Waals surface area contributed by atoms with Gasteiger partial charge in [-0.15, -0.1) is 0 Å². The van der Waals surface area contributed by atoms with Crippen molar-refractivity contribution in [2.75, 3.05) is 18.0 Å². The van der Waals surface area contributed by atoms with Crippen molar-refractivity contribution in [2.24, 2.45) is 0 Å². The molecular weight excluding hydrogens is 253 g/mol. The normalized spacial score (nSPS) is 23.3. The minimum absolute atomic E-state index is 0.313. The van der Waals surface area contributed by atoms with Gasteiger partial charge in [-0.3, -0.25) is 0 Å². The number of halogens is 2. The van der Waals surface area contributed by atoms with E-state index in [0.29, 0.717) is 22.9 Å². The molecule has 0 aromatic carbocycles. The van der Waals surface area contributed by atoms with Crippen LogP contribution in [0.3, 0.4) is 0 Å². The Bertz CT molecular complexity index is 430. The second-order valence-corrected chi connectivity index (χ2v) is 5.57. The molecule has 1 aliphatic carbocycles. The average molecular weight is 270 g/mol. The minimum Gasteiger partial charge on any atom is -0.350 e. The summed E-state index contributed by atoms with van der Waals surface area (Å²) in [6, 6.07) is 2.26. The molecule has 98 valence electrons. The van der Waals surface area contributed by atoms with E-state index in [1.165, 1.54) is 25.1 Å². The van der Waals surface area contributed by atoms with Gasteiger partial charge < -0.3 is 10.2 Å². The Labute approximate surface area is 111 Å². The minimum atomic E-state index is -0.313. The van der Waals surface area contributed by atoms with Crippen molar-refractivity contribution in [1.29, 1.82) is 0 Å². The molecule has 1 N–H and O–H groups in total. The van der Waals surface area contributed by atoms with E-state index in [-0.39, 0.29) is 5.82 Å². The van der Waals surface area contributed by atoms with Gasteiger partial charge in [-0.05, 0) is 38.3 Å². The lowest BCUT2D eigenvalue weighted by atomic mass is 10.2. The van der Waals surface area contributed by atoms with E-state index in [1.807, 2.05) is 0 Å². The van der Waals surface area contributed by atoms with E-state index in [0.717, 1.165) is 25.9 Å². The molecule has 2 heterocycles. The maximum absolute atomic E-state index is 14.0. The summed E-state index contributed by atoms with van der Waals surface area (Å²) in [6.45, 7) is 1.91. The molecule has 0 spiro atoms. The number of nitrogens with one attached hydrogen (secondary N) is 1. The Balaban J connectivity index is 1.79. The van der Waals surface area contributed by atoms with Gasteiger partial charge in [-0.2, -0.15) is 0 Å². The lowest BCUT2D eigenvalue weighted by Gasteiger charge is -2.27. The molecule has 1 atom stereocenters. The molecular formula is C13H17ClFN3. The van der Waals surface area contributed by atoms with Gasteiger partial charge in [0.1, 0.15) is 0 Å². The highest BCUT2D eigenvalue weighted by Crippen LogP contribution is 2.33. The molecule has 3 nitrogen and oxygen atoms in total. The summed E-state index contributed by atoms with van der Waals surface area (Å²) in [7, 11) is 0. The van der Waals surface area contributed by atoms with Gasteiger partial charge in [0.15, 0.2) is 11.6 Å². The van der Waals surface area contributed by atoms with Crippen molar-refractivity contribution in [1.82, 2.24) is 10.3 Å². The van der Waals surface area contributed by atoms with E-state index in [1.54, 1.807) is 0 Å². The maximum Gasteiger partial charge on any atom is 0.167 e. The third kappa shape index (κ3) is 2.59. The largest absolute Gasteiger partial charge is 0.350 e.